The number of rotatable bonds is 5. The van der Waals surface area contributed by atoms with Gasteiger partial charge < -0.3 is 15.7 Å². The molecule has 1 fully saturated rings. The van der Waals surface area contributed by atoms with Crippen molar-refractivity contribution in [3.8, 4) is 11.3 Å². The van der Waals surface area contributed by atoms with Crippen molar-refractivity contribution < 1.29 is 9.50 Å². The number of aromatic nitrogens is 5. The fourth-order valence-electron chi connectivity index (χ4n) is 5.79. The van der Waals surface area contributed by atoms with Gasteiger partial charge in [0, 0.05) is 61.0 Å². The molecule has 1 saturated heterocycles. The first kappa shape index (κ1) is 32.4. The van der Waals surface area contributed by atoms with E-state index in [0.717, 1.165) is 54.9 Å². The Kier molecular flexibility index (Phi) is 11.2. The predicted octanol–water partition coefficient (Wildman–Crippen LogP) is 5.95. The van der Waals surface area contributed by atoms with Gasteiger partial charge in [0.05, 0.1) is 11.7 Å². The third-order valence-corrected chi connectivity index (χ3v) is 7.59. The lowest BCUT2D eigenvalue weighted by Crippen LogP contribution is -2.45. The van der Waals surface area contributed by atoms with Gasteiger partial charge in [0.2, 0.25) is 5.95 Å². The first-order chi connectivity index (χ1) is 20.7. The number of aliphatic hydroxyl groups is 1. The minimum absolute atomic E-state index is 0.167. The van der Waals surface area contributed by atoms with Gasteiger partial charge >= 0.3 is 0 Å². The van der Waals surface area contributed by atoms with E-state index in [0.29, 0.717) is 29.3 Å². The second-order valence-corrected chi connectivity index (χ2v) is 11.5. The summed E-state index contributed by atoms with van der Waals surface area (Å²) in [6.45, 7) is 15.9. The third kappa shape index (κ3) is 7.93. The number of pyridine rings is 1. The third-order valence-electron chi connectivity index (χ3n) is 7.59. The molecule has 0 atom stereocenters. The standard InChI is InChI=1S/C28H33FN8.C3H8O.C2H6/c1-17(2)27-21-14-18(4-6-24(21)35-36(27)3)26-22(29)15-31-28(34-26)33-25-7-5-19-16-37(13-10-23(19)32-25)20-8-11-30-12-9-20;1-3(2)4;1-2/h4-7,14-15,17,20,30H,8-13,16H2,1-3H3,(H,31,32,33,34);3-4H,1-2H3;1-2H3. The van der Waals surface area contributed by atoms with E-state index in [1.807, 2.05) is 49.8 Å². The zero-order valence-corrected chi connectivity index (χ0v) is 26.7. The number of hydrogen-bond acceptors (Lipinski definition) is 8. The van der Waals surface area contributed by atoms with Crippen LogP contribution in [-0.4, -0.2) is 66.5 Å². The summed E-state index contributed by atoms with van der Waals surface area (Å²) in [5.41, 5.74) is 5.35. The van der Waals surface area contributed by atoms with E-state index in [9.17, 15) is 4.39 Å². The largest absolute Gasteiger partial charge is 0.394 e. The van der Waals surface area contributed by atoms with Crippen LogP contribution >= 0.6 is 0 Å². The van der Waals surface area contributed by atoms with Gasteiger partial charge in [0.15, 0.2) is 5.82 Å². The maximum atomic E-state index is 14.9. The highest BCUT2D eigenvalue weighted by Crippen LogP contribution is 2.31. The maximum Gasteiger partial charge on any atom is 0.229 e. The zero-order valence-electron chi connectivity index (χ0n) is 26.7. The molecular formula is C33H47FN8O. The molecule has 0 amide bonds. The van der Waals surface area contributed by atoms with E-state index in [1.54, 1.807) is 13.8 Å². The summed E-state index contributed by atoms with van der Waals surface area (Å²) in [6.07, 6.45) is 4.39. The van der Waals surface area contributed by atoms with Crippen LogP contribution in [0.5, 0.6) is 0 Å². The van der Waals surface area contributed by atoms with Gasteiger partial charge in [-0.15, -0.1) is 0 Å². The summed E-state index contributed by atoms with van der Waals surface area (Å²) in [5, 5.41) is 20.3. The summed E-state index contributed by atoms with van der Waals surface area (Å²) < 4.78 is 16.8. The normalized spacial score (nSPS) is 15.5. The highest BCUT2D eigenvalue weighted by atomic mass is 19.1. The molecule has 2 aliphatic heterocycles. The second kappa shape index (κ2) is 14.8. The summed E-state index contributed by atoms with van der Waals surface area (Å²) in [6, 6.07) is 10.5. The fraction of sp³-hybridized carbons (Fsp3) is 0.515. The average molecular weight is 591 g/mol. The number of fused-ring (bicyclic) bond motifs is 2. The van der Waals surface area contributed by atoms with Crippen molar-refractivity contribution in [3.63, 3.8) is 0 Å². The van der Waals surface area contributed by atoms with Gasteiger partial charge in [-0.3, -0.25) is 9.58 Å². The Hall–Kier alpha value is -3.47. The van der Waals surface area contributed by atoms with Crippen LogP contribution in [0.15, 0.2) is 36.5 Å². The van der Waals surface area contributed by atoms with Crippen molar-refractivity contribution in [1.82, 2.24) is 34.9 Å². The van der Waals surface area contributed by atoms with Crippen LogP contribution in [0.4, 0.5) is 16.2 Å². The molecule has 0 saturated carbocycles. The molecule has 0 aliphatic carbocycles. The fourth-order valence-corrected chi connectivity index (χ4v) is 5.79. The monoisotopic (exact) mass is 590 g/mol. The SMILES string of the molecule is CC.CC(C)O.CC(C)c1c2cc(-c3nc(Nc4ccc5c(n4)CCN(C4CCNCC4)C5)ncc3F)ccc2nn1C. The Morgan fingerprint density at radius 1 is 1.05 bits per heavy atom. The molecule has 0 spiro atoms. The van der Waals surface area contributed by atoms with Crippen molar-refractivity contribution >= 4 is 22.7 Å². The maximum absolute atomic E-state index is 14.9. The number of aryl methyl sites for hydroxylation is 1. The van der Waals surface area contributed by atoms with Crippen molar-refractivity contribution in [2.75, 3.05) is 25.0 Å². The van der Waals surface area contributed by atoms with Gasteiger partial charge in [-0.1, -0.05) is 39.8 Å². The minimum Gasteiger partial charge on any atom is -0.394 e. The molecule has 2 aliphatic rings. The molecule has 9 nitrogen and oxygen atoms in total. The molecule has 10 heteroatoms. The van der Waals surface area contributed by atoms with Gasteiger partial charge in [0.25, 0.3) is 0 Å². The van der Waals surface area contributed by atoms with E-state index in [1.165, 1.54) is 24.6 Å². The van der Waals surface area contributed by atoms with Crippen LogP contribution in [0.25, 0.3) is 22.2 Å². The van der Waals surface area contributed by atoms with Crippen molar-refractivity contribution in [3.05, 3.63) is 59.3 Å². The highest BCUT2D eigenvalue weighted by molar-refractivity contribution is 5.86. The molecule has 5 heterocycles. The number of halogens is 1. The molecular weight excluding hydrogens is 543 g/mol. The van der Waals surface area contributed by atoms with Crippen LogP contribution in [0.2, 0.25) is 0 Å². The number of nitrogens with zero attached hydrogens (tertiary/aromatic N) is 6. The van der Waals surface area contributed by atoms with Gasteiger partial charge in [-0.05, 0) is 69.5 Å². The number of anilines is 2. The van der Waals surface area contributed by atoms with Crippen LogP contribution in [0.1, 0.15) is 77.3 Å². The molecule has 3 aromatic heterocycles. The molecule has 3 N–H and O–H groups in total. The Morgan fingerprint density at radius 3 is 2.47 bits per heavy atom. The van der Waals surface area contributed by atoms with Crippen molar-refractivity contribution in [2.45, 2.75) is 85.4 Å². The lowest BCUT2D eigenvalue weighted by Gasteiger charge is -2.37. The molecule has 6 rings (SSSR count). The summed E-state index contributed by atoms with van der Waals surface area (Å²) in [4.78, 5) is 16.2. The summed E-state index contributed by atoms with van der Waals surface area (Å²) in [5.74, 6) is 0.832. The van der Waals surface area contributed by atoms with Crippen molar-refractivity contribution in [2.24, 2.45) is 7.05 Å². The highest BCUT2D eigenvalue weighted by Gasteiger charge is 2.25. The minimum atomic E-state index is -0.462. The molecule has 232 valence electrons. The molecule has 0 bridgehead atoms. The average Bonchev–Trinajstić information content (AvgIpc) is 3.34. The van der Waals surface area contributed by atoms with Gasteiger partial charge in [0.1, 0.15) is 11.5 Å². The van der Waals surface area contributed by atoms with E-state index in [2.05, 4.69) is 50.5 Å². The first-order valence-electron chi connectivity index (χ1n) is 15.6. The van der Waals surface area contributed by atoms with Crippen LogP contribution in [0.3, 0.4) is 0 Å². The predicted molar refractivity (Wildman–Crippen MR) is 172 cm³/mol. The lowest BCUT2D eigenvalue weighted by atomic mass is 9.99. The lowest BCUT2D eigenvalue weighted by molar-refractivity contribution is 0.146. The molecule has 0 radical (unpaired) electrons. The summed E-state index contributed by atoms with van der Waals surface area (Å²) in [7, 11) is 1.94. The molecule has 43 heavy (non-hydrogen) atoms. The molecule has 4 aromatic rings. The summed E-state index contributed by atoms with van der Waals surface area (Å²) >= 11 is 0. The van der Waals surface area contributed by atoms with Crippen LogP contribution < -0.4 is 10.6 Å². The number of hydrogen-bond donors (Lipinski definition) is 3. The Bertz CT molecular complexity index is 1490. The van der Waals surface area contributed by atoms with Crippen LogP contribution in [0, 0.1) is 5.82 Å². The Morgan fingerprint density at radius 2 is 1.77 bits per heavy atom. The first-order valence-corrected chi connectivity index (χ1v) is 15.6. The Labute approximate surface area is 255 Å². The van der Waals surface area contributed by atoms with E-state index < -0.39 is 5.82 Å². The molecule has 0 unspecified atom stereocenters. The van der Waals surface area contributed by atoms with E-state index >= 15 is 0 Å². The van der Waals surface area contributed by atoms with Gasteiger partial charge in [-0.25, -0.2) is 19.3 Å². The van der Waals surface area contributed by atoms with Crippen molar-refractivity contribution in [1.29, 1.82) is 0 Å². The number of aliphatic hydroxyl groups excluding tert-OH is 1. The van der Waals surface area contributed by atoms with Gasteiger partial charge in [-0.2, -0.15) is 5.10 Å². The van der Waals surface area contributed by atoms with Crippen LogP contribution in [-0.2, 0) is 20.0 Å². The quantitative estimate of drug-likeness (QED) is 0.262. The molecule has 1 aromatic carbocycles. The van der Waals surface area contributed by atoms with E-state index in [4.69, 9.17) is 10.1 Å². The zero-order chi connectivity index (χ0) is 31.1. The number of benzene rings is 1. The number of nitrogens with one attached hydrogen (secondary N) is 2. The second-order valence-electron chi connectivity index (χ2n) is 11.5. The van der Waals surface area contributed by atoms with E-state index in [-0.39, 0.29) is 11.8 Å². The smallest absolute Gasteiger partial charge is 0.229 e. The Balaban J connectivity index is 0.000000653. The number of piperidine rings is 1. The topological polar surface area (TPSA) is 104 Å².